The van der Waals surface area contributed by atoms with Crippen molar-refractivity contribution in [1.82, 2.24) is 9.88 Å². The molecule has 0 unspecified atom stereocenters. The van der Waals surface area contributed by atoms with Gasteiger partial charge in [0, 0.05) is 13.2 Å². The van der Waals surface area contributed by atoms with Gasteiger partial charge in [0.1, 0.15) is 5.69 Å². The number of aliphatic hydroxyl groups is 2. The second-order valence-electron chi connectivity index (χ2n) is 3.31. The van der Waals surface area contributed by atoms with Crippen molar-refractivity contribution >= 4 is 11.6 Å². The molecule has 0 aromatic carbocycles. The molecular formula is C9H15N3O3. The fraction of sp³-hybridized carbons (Fsp3) is 0.444. The maximum Gasteiger partial charge on any atom is 0.268 e. The first-order chi connectivity index (χ1) is 7.08. The van der Waals surface area contributed by atoms with Crippen LogP contribution < -0.4 is 11.1 Å². The third-order valence-corrected chi connectivity index (χ3v) is 2.03. The minimum absolute atomic E-state index is 0.303. The standard InChI is InChI=1S/C9H15N3O3/c1-12-3-6(10)2-8(12)9(15)11-7(4-13)5-14/h2-3,7,13-14H,4-5,10H2,1H3,(H,11,15). The number of anilines is 1. The molecule has 0 aliphatic rings. The first kappa shape index (κ1) is 11.5. The number of carbonyl (C=O) groups is 1. The minimum Gasteiger partial charge on any atom is -0.397 e. The molecule has 0 bridgehead atoms. The molecule has 0 saturated heterocycles. The Labute approximate surface area is 87.3 Å². The van der Waals surface area contributed by atoms with Gasteiger partial charge in [-0.1, -0.05) is 0 Å². The van der Waals surface area contributed by atoms with Gasteiger partial charge < -0.3 is 25.8 Å². The Morgan fingerprint density at radius 3 is 2.60 bits per heavy atom. The summed E-state index contributed by atoms with van der Waals surface area (Å²) in [5, 5.41) is 20.1. The average molecular weight is 213 g/mol. The maximum atomic E-state index is 11.6. The zero-order valence-corrected chi connectivity index (χ0v) is 8.47. The van der Waals surface area contributed by atoms with Gasteiger partial charge in [-0.05, 0) is 6.07 Å². The quantitative estimate of drug-likeness (QED) is 0.499. The van der Waals surface area contributed by atoms with E-state index in [0.717, 1.165) is 0 Å². The predicted molar refractivity (Wildman–Crippen MR) is 55.3 cm³/mol. The highest BCUT2D eigenvalue weighted by Crippen LogP contribution is 2.08. The van der Waals surface area contributed by atoms with Crippen LogP contribution >= 0.6 is 0 Å². The number of amides is 1. The Bertz CT molecular complexity index is 344. The van der Waals surface area contributed by atoms with Crippen LogP contribution in [-0.2, 0) is 7.05 Å². The topological polar surface area (TPSA) is 101 Å². The van der Waals surface area contributed by atoms with E-state index in [-0.39, 0.29) is 19.1 Å². The van der Waals surface area contributed by atoms with Gasteiger partial charge in [-0.15, -0.1) is 0 Å². The summed E-state index contributed by atoms with van der Waals surface area (Å²) < 4.78 is 1.58. The zero-order valence-electron chi connectivity index (χ0n) is 8.47. The first-order valence-corrected chi connectivity index (χ1v) is 4.53. The van der Waals surface area contributed by atoms with Crippen molar-refractivity contribution in [2.24, 2.45) is 7.05 Å². The fourth-order valence-electron chi connectivity index (χ4n) is 1.22. The molecule has 15 heavy (non-hydrogen) atoms. The van der Waals surface area contributed by atoms with Crippen LogP contribution in [0, 0.1) is 0 Å². The molecule has 0 aliphatic heterocycles. The van der Waals surface area contributed by atoms with Crippen LogP contribution in [0.3, 0.4) is 0 Å². The molecule has 1 aromatic heterocycles. The molecule has 0 atom stereocenters. The van der Waals surface area contributed by atoms with Crippen LogP contribution in [0.1, 0.15) is 10.5 Å². The molecule has 5 N–H and O–H groups in total. The monoisotopic (exact) mass is 213 g/mol. The average Bonchev–Trinajstić information content (AvgIpc) is 2.54. The van der Waals surface area contributed by atoms with Crippen molar-refractivity contribution in [3.63, 3.8) is 0 Å². The third kappa shape index (κ3) is 2.71. The molecule has 6 nitrogen and oxygen atoms in total. The van der Waals surface area contributed by atoms with Crippen LogP contribution in [-0.4, -0.2) is 39.9 Å². The highest BCUT2D eigenvalue weighted by atomic mass is 16.3. The van der Waals surface area contributed by atoms with Gasteiger partial charge in [-0.2, -0.15) is 0 Å². The summed E-state index contributed by atoms with van der Waals surface area (Å²) in [5.41, 5.74) is 6.39. The van der Waals surface area contributed by atoms with E-state index in [1.807, 2.05) is 0 Å². The molecule has 0 aliphatic carbocycles. The van der Waals surface area contributed by atoms with E-state index in [0.29, 0.717) is 11.4 Å². The summed E-state index contributed by atoms with van der Waals surface area (Å²) in [4.78, 5) is 11.6. The molecule has 0 saturated carbocycles. The van der Waals surface area contributed by atoms with Crippen LogP contribution in [0.25, 0.3) is 0 Å². The van der Waals surface area contributed by atoms with Gasteiger partial charge in [-0.25, -0.2) is 0 Å². The van der Waals surface area contributed by atoms with Crippen LogP contribution in [0.15, 0.2) is 12.3 Å². The number of aromatic nitrogens is 1. The van der Waals surface area contributed by atoms with Gasteiger partial charge in [0.2, 0.25) is 0 Å². The molecule has 0 spiro atoms. The number of aryl methyl sites for hydroxylation is 1. The number of hydrogen-bond donors (Lipinski definition) is 4. The fourth-order valence-corrected chi connectivity index (χ4v) is 1.22. The number of aliphatic hydroxyl groups excluding tert-OH is 2. The van der Waals surface area contributed by atoms with E-state index in [2.05, 4.69) is 5.32 Å². The van der Waals surface area contributed by atoms with E-state index in [1.165, 1.54) is 6.07 Å². The predicted octanol–water partition coefficient (Wildman–Crippen LogP) is -1.31. The lowest BCUT2D eigenvalue weighted by molar-refractivity contribution is 0.0871. The largest absolute Gasteiger partial charge is 0.397 e. The second kappa shape index (κ2) is 4.81. The summed E-state index contributed by atoms with van der Waals surface area (Å²) in [6.07, 6.45) is 1.61. The van der Waals surface area contributed by atoms with E-state index in [4.69, 9.17) is 15.9 Å². The number of nitrogens with zero attached hydrogens (tertiary/aromatic N) is 1. The molecular weight excluding hydrogens is 198 g/mol. The molecule has 0 radical (unpaired) electrons. The second-order valence-corrected chi connectivity index (χ2v) is 3.31. The summed E-state index contributed by atoms with van der Waals surface area (Å²) in [6, 6.07) is 0.884. The Morgan fingerprint density at radius 1 is 1.60 bits per heavy atom. The van der Waals surface area contributed by atoms with E-state index < -0.39 is 6.04 Å². The normalized spacial score (nSPS) is 10.7. The van der Waals surface area contributed by atoms with Crippen molar-refractivity contribution in [3.8, 4) is 0 Å². The Kier molecular flexibility index (Phi) is 3.70. The minimum atomic E-state index is -0.645. The van der Waals surface area contributed by atoms with Crippen LogP contribution in [0.2, 0.25) is 0 Å². The van der Waals surface area contributed by atoms with E-state index in [9.17, 15) is 4.79 Å². The van der Waals surface area contributed by atoms with Crippen molar-refractivity contribution < 1.29 is 15.0 Å². The maximum absolute atomic E-state index is 11.6. The number of rotatable bonds is 4. The summed E-state index contributed by atoms with van der Waals surface area (Å²) in [7, 11) is 1.69. The van der Waals surface area contributed by atoms with Gasteiger partial charge in [0.15, 0.2) is 0 Å². The molecule has 6 heteroatoms. The highest BCUT2D eigenvalue weighted by Gasteiger charge is 2.14. The van der Waals surface area contributed by atoms with Gasteiger partial charge in [0.25, 0.3) is 5.91 Å². The lowest BCUT2D eigenvalue weighted by atomic mass is 10.3. The highest BCUT2D eigenvalue weighted by molar-refractivity contribution is 5.93. The van der Waals surface area contributed by atoms with Gasteiger partial charge in [-0.3, -0.25) is 4.79 Å². The number of nitrogen functional groups attached to an aromatic ring is 1. The molecule has 1 heterocycles. The smallest absolute Gasteiger partial charge is 0.268 e. The first-order valence-electron chi connectivity index (χ1n) is 4.53. The van der Waals surface area contributed by atoms with Crippen LogP contribution in [0.5, 0.6) is 0 Å². The number of nitrogens with two attached hydrogens (primary N) is 1. The Morgan fingerprint density at radius 2 is 2.20 bits per heavy atom. The molecule has 0 fully saturated rings. The van der Waals surface area contributed by atoms with Crippen molar-refractivity contribution in [3.05, 3.63) is 18.0 Å². The Balaban J connectivity index is 2.72. The van der Waals surface area contributed by atoms with Crippen molar-refractivity contribution in [2.75, 3.05) is 18.9 Å². The summed E-state index contributed by atoms with van der Waals surface area (Å²) in [6.45, 7) is -0.607. The van der Waals surface area contributed by atoms with Gasteiger partial charge in [0.05, 0.1) is 24.9 Å². The SMILES string of the molecule is Cn1cc(N)cc1C(=O)NC(CO)CO. The summed E-state index contributed by atoms with van der Waals surface area (Å²) in [5.74, 6) is -0.373. The molecule has 1 aromatic rings. The third-order valence-electron chi connectivity index (χ3n) is 2.03. The van der Waals surface area contributed by atoms with Gasteiger partial charge >= 0.3 is 0 Å². The Hall–Kier alpha value is -1.53. The molecule has 1 rings (SSSR count). The lowest BCUT2D eigenvalue weighted by Crippen LogP contribution is -2.40. The number of hydrogen-bond acceptors (Lipinski definition) is 4. The van der Waals surface area contributed by atoms with E-state index in [1.54, 1.807) is 17.8 Å². The lowest BCUT2D eigenvalue weighted by Gasteiger charge is -2.13. The molecule has 84 valence electrons. The molecule has 1 amide bonds. The number of carbonyl (C=O) groups excluding carboxylic acids is 1. The zero-order chi connectivity index (χ0) is 11.4. The van der Waals surface area contributed by atoms with Crippen LogP contribution in [0.4, 0.5) is 5.69 Å². The van der Waals surface area contributed by atoms with Crippen molar-refractivity contribution in [1.29, 1.82) is 0 Å². The van der Waals surface area contributed by atoms with E-state index >= 15 is 0 Å². The van der Waals surface area contributed by atoms with Crippen molar-refractivity contribution in [2.45, 2.75) is 6.04 Å². The number of nitrogens with one attached hydrogen (secondary N) is 1. The summed E-state index contributed by atoms with van der Waals surface area (Å²) >= 11 is 0.